The van der Waals surface area contributed by atoms with Crippen molar-refractivity contribution < 1.29 is 9.59 Å². The fourth-order valence-electron chi connectivity index (χ4n) is 3.50. The van der Waals surface area contributed by atoms with Gasteiger partial charge in [-0.05, 0) is 19.8 Å². The van der Waals surface area contributed by atoms with Crippen molar-refractivity contribution in [2.45, 2.75) is 26.2 Å². The minimum Gasteiger partial charge on any atom is -0.369 e. The monoisotopic (exact) mass is 382 g/mol. The summed E-state index contributed by atoms with van der Waals surface area (Å²) in [5.41, 5.74) is 9.52. The average Bonchev–Trinajstić information content (AvgIpc) is 3.24. The zero-order valence-electron chi connectivity index (χ0n) is 15.2. The number of carbonyl (C=O) groups excluding carboxylic acids is 2. The van der Waals surface area contributed by atoms with Gasteiger partial charge in [0.1, 0.15) is 0 Å². The number of nitrogens with two attached hydrogens (primary N) is 1. The lowest BCUT2D eigenvalue weighted by atomic mass is 9.96. The quantitative estimate of drug-likeness (QED) is 0.753. The SMILES string of the molecule is Cc1ccc(-c2cn3c(CC(=O)N4CCC(C(N)=O)CC4)csc3n2)cc1. The number of hydrogen-bond donors (Lipinski definition) is 1. The van der Waals surface area contributed by atoms with Crippen LogP contribution in [0.15, 0.2) is 35.8 Å². The molecular weight excluding hydrogens is 360 g/mol. The van der Waals surface area contributed by atoms with E-state index in [4.69, 9.17) is 5.73 Å². The Kier molecular flexibility index (Phi) is 4.70. The molecule has 1 saturated heterocycles. The standard InChI is InChI=1S/C20H22N4O2S/c1-13-2-4-14(5-3-13)17-11-24-16(12-27-20(24)22-17)10-18(25)23-8-6-15(7-9-23)19(21)26/h2-5,11-12,15H,6-10H2,1H3,(H2,21,26). The molecule has 3 heterocycles. The van der Waals surface area contributed by atoms with Crippen LogP contribution in [0, 0.1) is 12.8 Å². The van der Waals surface area contributed by atoms with Gasteiger partial charge in [0.05, 0.1) is 12.1 Å². The van der Waals surface area contributed by atoms with Crippen molar-refractivity contribution in [3.8, 4) is 11.3 Å². The van der Waals surface area contributed by atoms with Crippen LogP contribution in [0.4, 0.5) is 0 Å². The Bertz CT molecular complexity index is 981. The first-order valence-electron chi connectivity index (χ1n) is 9.11. The van der Waals surface area contributed by atoms with Crippen LogP contribution in [0.2, 0.25) is 0 Å². The van der Waals surface area contributed by atoms with Gasteiger partial charge in [-0.3, -0.25) is 14.0 Å². The summed E-state index contributed by atoms with van der Waals surface area (Å²) in [6.45, 7) is 3.25. The third-order valence-corrected chi connectivity index (χ3v) is 6.10. The molecule has 0 aliphatic carbocycles. The number of fused-ring (bicyclic) bond motifs is 1. The fourth-order valence-corrected chi connectivity index (χ4v) is 4.37. The third-order valence-electron chi connectivity index (χ3n) is 5.21. The van der Waals surface area contributed by atoms with Crippen LogP contribution in [-0.2, 0) is 16.0 Å². The number of likely N-dealkylation sites (tertiary alicyclic amines) is 1. The highest BCUT2D eigenvalue weighted by atomic mass is 32.1. The molecule has 0 bridgehead atoms. The van der Waals surface area contributed by atoms with E-state index < -0.39 is 0 Å². The number of aryl methyl sites for hydroxylation is 1. The van der Waals surface area contributed by atoms with Crippen LogP contribution in [0.5, 0.6) is 0 Å². The predicted molar refractivity (Wildman–Crippen MR) is 105 cm³/mol. The minimum atomic E-state index is -0.260. The smallest absolute Gasteiger partial charge is 0.228 e. The summed E-state index contributed by atoms with van der Waals surface area (Å²) in [7, 11) is 0. The van der Waals surface area contributed by atoms with E-state index >= 15 is 0 Å². The third kappa shape index (κ3) is 3.60. The maximum absolute atomic E-state index is 12.7. The number of carbonyl (C=O) groups is 2. The summed E-state index contributed by atoms with van der Waals surface area (Å²) in [5.74, 6) is -0.278. The van der Waals surface area contributed by atoms with Crippen molar-refractivity contribution in [2.75, 3.05) is 13.1 Å². The van der Waals surface area contributed by atoms with Gasteiger partial charge in [0.2, 0.25) is 11.8 Å². The van der Waals surface area contributed by atoms with E-state index in [-0.39, 0.29) is 17.7 Å². The van der Waals surface area contributed by atoms with Crippen LogP contribution in [0.25, 0.3) is 16.2 Å². The van der Waals surface area contributed by atoms with E-state index in [2.05, 4.69) is 36.2 Å². The van der Waals surface area contributed by atoms with E-state index in [1.165, 1.54) is 5.56 Å². The van der Waals surface area contributed by atoms with Crippen LogP contribution >= 0.6 is 11.3 Å². The lowest BCUT2D eigenvalue weighted by Gasteiger charge is -2.30. The molecule has 1 fully saturated rings. The second-order valence-corrected chi connectivity index (χ2v) is 7.94. The van der Waals surface area contributed by atoms with Gasteiger partial charge in [-0.25, -0.2) is 4.98 Å². The maximum atomic E-state index is 12.7. The van der Waals surface area contributed by atoms with Gasteiger partial charge in [-0.2, -0.15) is 0 Å². The topological polar surface area (TPSA) is 80.7 Å². The number of amides is 2. The molecule has 1 aromatic carbocycles. The number of nitrogens with zero attached hydrogens (tertiary/aromatic N) is 3. The number of imidazole rings is 1. The molecule has 4 rings (SSSR count). The Hall–Kier alpha value is -2.67. The van der Waals surface area contributed by atoms with E-state index in [1.807, 2.05) is 20.9 Å². The summed E-state index contributed by atoms with van der Waals surface area (Å²) < 4.78 is 2.01. The first kappa shape index (κ1) is 17.7. The van der Waals surface area contributed by atoms with Crippen LogP contribution < -0.4 is 5.73 Å². The van der Waals surface area contributed by atoms with Gasteiger partial charge >= 0.3 is 0 Å². The summed E-state index contributed by atoms with van der Waals surface area (Å²) in [6, 6.07) is 8.27. The Balaban J connectivity index is 1.48. The minimum absolute atomic E-state index is 0.0863. The van der Waals surface area contributed by atoms with Crippen molar-refractivity contribution >= 4 is 28.1 Å². The van der Waals surface area contributed by atoms with Gasteiger partial charge in [0, 0.05) is 41.8 Å². The van der Waals surface area contributed by atoms with Gasteiger partial charge in [0.25, 0.3) is 0 Å². The largest absolute Gasteiger partial charge is 0.369 e. The molecule has 1 aliphatic rings. The van der Waals surface area contributed by atoms with Gasteiger partial charge in [-0.15, -0.1) is 11.3 Å². The van der Waals surface area contributed by atoms with Gasteiger partial charge < -0.3 is 10.6 Å². The zero-order chi connectivity index (χ0) is 19.0. The predicted octanol–water partition coefficient (Wildman–Crippen LogP) is 2.64. The number of benzene rings is 1. The summed E-state index contributed by atoms with van der Waals surface area (Å²) in [4.78, 5) is 31.4. The molecule has 0 atom stereocenters. The molecule has 7 heteroatoms. The number of piperidine rings is 1. The molecule has 0 saturated carbocycles. The van der Waals surface area contributed by atoms with Crippen molar-refractivity contribution in [1.29, 1.82) is 0 Å². The van der Waals surface area contributed by atoms with Crippen molar-refractivity contribution in [2.24, 2.45) is 11.7 Å². The van der Waals surface area contributed by atoms with Crippen LogP contribution in [0.1, 0.15) is 24.1 Å². The fraction of sp³-hybridized carbons (Fsp3) is 0.350. The van der Waals surface area contributed by atoms with Crippen LogP contribution in [-0.4, -0.2) is 39.2 Å². The number of thiazole rings is 1. The van der Waals surface area contributed by atoms with Gasteiger partial charge in [-0.1, -0.05) is 29.8 Å². The molecule has 1 aliphatic heterocycles. The highest BCUT2D eigenvalue weighted by Crippen LogP contribution is 2.25. The van der Waals surface area contributed by atoms with Crippen molar-refractivity contribution in [1.82, 2.24) is 14.3 Å². The molecule has 0 unspecified atom stereocenters. The number of rotatable bonds is 4. The molecule has 2 N–H and O–H groups in total. The Morgan fingerprint density at radius 1 is 1.22 bits per heavy atom. The Morgan fingerprint density at radius 2 is 1.93 bits per heavy atom. The average molecular weight is 382 g/mol. The highest BCUT2D eigenvalue weighted by molar-refractivity contribution is 7.15. The van der Waals surface area contributed by atoms with Crippen molar-refractivity contribution in [3.63, 3.8) is 0 Å². The van der Waals surface area contributed by atoms with E-state index in [0.717, 1.165) is 21.9 Å². The summed E-state index contributed by atoms with van der Waals surface area (Å²) in [6.07, 6.45) is 3.65. The molecule has 27 heavy (non-hydrogen) atoms. The molecule has 0 radical (unpaired) electrons. The van der Waals surface area contributed by atoms with E-state index in [0.29, 0.717) is 32.4 Å². The first-order valence-corrected chi connectivity index (χ1v) is 9.99. The lowest BCUT2D eigenvalue weighted by Crippen LogP contribution is -2.42. The Morgan fingerprint density at radius 3 is 2.59 bits per heavy atom. The molecule has 140 valence electrons. The number of primary amides is 1. The normalized spacial score (nSPS) is 15.4. The molecule has 6 nitrogen and oxygen atoms in total. The molecular formula is C20H22N4O2S. The second kappa shape index (κ2) is 7.15. The lowest BCUT2D eigenvalue weighted by molar-refractivity contribution is -0.134. The van der Waals surface area contributed by atoms with Crippen LogP contribution in [0.3, 0.4) is 0 Å². The highest BCUT2D eigenvalue weighted by Gasteiger charge is 2.26. The van der Waals surface area contributed by atoms with Crippen molar-refractivity contribution in [3.05, 3.63) is 47.1 Å². The first-order chi connectivity index (χ1) is 13.0. The number of hydrogen-bond acceptors (Lipinski definition) is 4. The molecule has 2 amide bonds. The molecule has 2 aromatic heterocycles. The van der Waals surface area contributed by atoms with E-state index in [9.17, 15) is 9.59 Å². The summed E-state index contributed by atoms with van der Waals surface area (Å²) in [5, 5.41) is 2.00. The Labute approximate surface area is 161 Å². The zero-order valence-corrected chi connectivity index (χ0v) is 16.0. The number of aromatic nitrogens is 2. The summed E-state index contributed by atoms with van der Waals surface area (Å²) >= 11 is 1.55. The molecule has 3 aromatic rings. The van der Waals surface area contributed by atoms with Gasteiger partial charge in [0.15, 0.2) is 4.96 Å². The second-order valence-electron chi connectivity index (χ2n) is 7.11. The maximum Gasteiger partial charge on any atom is 0.228 e. The molecule has 0 spiro atoms. The van der Waals surface area contributed by atoms with E-state index in [1.54, 1.807) is 11.3 Å².